The Bertz CT molecular complexity index is 578. The molecule has 0 radical (unpaired) electrons. The Kier molecular flexibility index (Phi) is 5.82. The zero-order chi connectivity index (χ0) is 15.9. The van der Waals surface area contributed by atoms with Crippen molar-refractivity contribution < 1.29 is 0 Å². The van der Waals surface area contributed by atoms with Crippen LogP contribution in [0.5, 0.6) is 0 Å². The van der Waals surface area contributed by atoms with Gasteiger partial charge in [0.1, 0.15) is 5.82 Å². The van der Waals surface area contributed by atoms with E-state index < -0.39 is 0 Å². The van der Waals surface area contributed by atoms with Crippen molar-refractivity contribution >= 4 is 17.2 Å². The summed E-state index contributed by atoms with van der Waals surface area (Å²) in [6.07, 6.45) is 4.29. The SMILES string of the molecule is Cc1cc(Nc2ccccc2)cnc1NC(C)CCC(C)C. The van der Waals surface area contributed by atoms with Crippen LogP contribution in [0.15, 0.2) is 42.6 Å². The van der Waals surface area contributed by atoms with Gasteiger partial charge in [-0.25, -0.2) is 4.98 Å². The fourth-order valence-electron chi connectivity index (χ4n) is 2.37. The van der Waals surface area contributed by atoms with E-state index in [9.17, 15) is 0 Å². The summed E-state index contributed by atoms with van der Waals surface area (Å²) in [4.78, 5) is 4.57. The first-order valence-electron chi connectivity index (χ1n) is 8.10. The van der Waals surface area contributed by atoms with Crippen LogP contribution in [-0.4, -0.2) is 11.0 Å². The minimum absolute atomic E-state index is 0.446. The predicted octanol–water partition coefficient (Wildman–Crippen LogP) is 5.37. The number of benzene rings is 1. The number of hydrogen-bond acceptors (Lipinski definition) is 3. The van der Waals surface area contributed by atoms with Crippen molar-refractivity contribution in [3.63, 3.8) is 0 Å². The molecule has 118 valence electrons. The molecule has 0 aliphatic heterocycles. The van der Waals surface area contributed by atoms with Crippen LogP contribution in [-0.2, 0) is 0 Å². The Morgan fingerprint density at radius 2 is 1.73 bits per heavy atom. The molecule has 0 fully saturated rings. The van der Waals surface area contributed by atoms with Crippen LogP contribution >= 0.6 is 0 Å². The molecule has 22 heavy (non-hydrogen) atoms. The van der Waals surface area contributed by atoms with E-state index in [1.54, 1.807) is 0 Å². The van der Waals surface area contributed by atoms with E-state index in [2.05, 4.69) is 61.5 Å². The highest BCUT2D eigenvalue weighted by atomic mass is 15.0. The summed E-state index contributed by atoms with van der Waals surface area (Å²) in [6, 6.07) is 12.7. The van der Waals surface area contributed by atoms with Crippen LogP contribution in [0, 0.1) is 12.8 Å². The first-order chi connectivity index (χ1) is 10.5. The molecule has 0 spiro atoms. The second kappa shape index (κ2) is 7.83. The van der Waals surface area contributed by atoms with Crippen molar-refractivity contribution in [2.75, 3.05) is 10.6 Å². The summed E-state index contributed by atoms with van der Waals surface area (Å²) in [5.74, 6) is 1.73. The maximum atomic E-state index is 4.57. The van der Waals surface area contributed by atoms with Gasteiger partial charge in [0.05, 0.1) is 11.9 Å². The van der Waals surface area contributed by atoms with Crippen LogP contribution in [0.1, 0.15) is 39.2 Å². The third-order valence-electron chi connectivity index (χ3n) is 3.70. The van der Waals surface area contributed by atoms with E-state index in [0.717, 1.165) is 28.7 Å². The first-order valence-corrected chi connectivity index (χ1v) is 8.10. The Balaban J connectivity index is 1.97. The molecular formula is C19H27N3. The summed E-state index contributed by atoms with van der Waals surface area (Å²) >= 11 is 0. The Morgan fingerprint density at radius 3 is 2.36 bits per heavy atom. The van der Waals surface area contributed by atoms with Gasteiger partial charge in [-0.05, 0) is 56.4 Å². The summed E-state index contributed by atoms with van der Waals surface area (Å²) in [5.41, 5.74) is 3.26. The van der Waals surface area contributed by atoms with Crippen LogP contribution in [0.3, 0.4) is 0 Å². The number of anilines is 3. The molecule has 3 heteroatoms. The second-order valence-corrected chi connectivity index (χ2v) is 6.40. The van der Waals surface area contributed by atoms with Crippen LogP contribution < -0.4 is 10.6 Å². The Labute approximate surface area is 134 Å². The van der Waals surface area contributed by atoms with Gasteiger partial charge in [-0.15, -0.1) is 0 Å². The van der Waals surface area contributed by atoms with Gasteiger partial charge in [-0.1, -0.05) is 32.0 Å². The Hall–Kier alpha value is -2.03. The third-order valence-corrected chi connectivity index (χ3v) is 3.70. The number of rotatable bonds is 7. The number of aromatic nitrogens is 1. The average molecular weight is 297 g/mol. The third kappa shape index (κ3) is 5.06. The fraction of sp³-hybridized carbons (Fsp3) is 0.421. The smallest absolute Gasteiger partial charge is 0.129 e. The average Bonchev–Trinajstić information content (AvgIpc) is 2.49. The van der Waals surface area contributed by atoms with E-state index >= 15 is 0 Å². The summed E-state index contributed by atoms with van der Waals surface area (Å²) in [5, 5.41) is 6.89. The van der Waals surface area contributed by atoms with Crippen molar-refractivity contribution in [2.45, 2.75) is 46.6 Å². The highest BCUT2D eigenvalue weighted by Gasteiger charge is 2.07. The molecule has 1 aromatic carbocycles. The lowest BCUT2D eigenvalue weighted by molar-refractivity contribution is 0.527. The zero-order valence-corrected chi connectivity index (χ0v) is 14.1. The molecule has 2 aromatic rings. The number of aryl methyl sites for hydroxylation is 1. The molecule has 3 nitrogen and oxygen atoms in total. The fourth-order valence-corrected chi connectivity index (χ4v) is 2.37. The maximum absolute atomic E-state index is 4.57. The minimum Gasteiger partial charge on any atom is -0.367 e. The van der Waals surface area contributed by atoms with Gasteiger partial charge in [-0.3, -0.25) is 0 Å². The van der Waals surface area contributed by atoms with Gasteiger partial charge in [-0.2, -0.15) is 0 Å². The van der Waals surface area contributed by atoms with Crippen molar-refractivity contribution in [3.8, 4) is 0 Å². The standard InChI is InChI=1S/C19H27N3/c1-14(2)10-11-16(4)21-19-15(3)12-18(13-20-19)22-17-8-6-5-7-9-17/h5-9,12-14,16,22H,10-11H2,1-4H3,(H,20,21). The lowest BCUT2D eigenvalue weighted by Crippen LogP contribution is -2.17. The van der Waals surface area contributed by atoms with E-state index in [4.69, 9.17) is 0 Å². The van der Waals surface area contributed by atoms with Crippen molar-refractivity contribution in [1.29, 1.82) is 0 Å². The van der Waals surface area contributed by atoms with Crippen molar-refractivity contribution in [1.82, 2.24) is 4.98 Å². The highest BCUT2D eigenvalue weighted by Crippen LogP contribution is 2.21. The molecular weight excluding hydrogens is 270 g/mol. The molecule has 0 amide bonds. The first kappa shape index (κ1) is 16.3. The minimum atomic E-state index is 0.446. The quantitative estimate of drug-likeness (QED) is 0.721. The van der Waals surface area contributed by atoms with Crippen LogP contribution in [0.2, 0.25) is 0 Å². The van der Waals surface area contributed by atoms with Gasteiger partial charge in [0.2, 0.25) is 0 Å². The molecule has 0 saturated carbocycles. The molecule has 1 aromatic heterocycles. The monoisotopic (exact) mass is 297 g/mol. The lowest BCUT2D eigenvalue weighted by atomic mass is 10.0. The largest absolute Gasteiger partial charge is 0.367 e. The number of nitrogens with one attached hydrogen (secondary N) is 2. The topological polar surface area (TPSA) is 37.0 Å². The zero-order valence-electron chi connectivity index (χ0n) is 14.1. The van der Waals surface area contributed by atoms with E-state index in [1.807, 2.05) is 24.4 Å². The van der Waals surface area contributed by atoms with Crippen molar-refractivity contribution in [3.05, 3.63) is 48.2 Å². The maximum Gasteiger partial charge on any atom is 0.129 e. The van der Waals surface area contributed by atoms with Crippen molar-refractivity contribution in [2.24, 2.45) is 5.92 Å². The second-order valence-electron chi connectivity index (χ2n) is 6.40. The lowest BCUT2D eigenvalue weighted by Gasteiger charge is -2.18. The van der Waals surface area contributed by atoms with Gasteiger partial charge in [0.15, 0.2) is 0 Å². The van der Waals surface area contributed by atoms with E-state index in [0.29, 0.717) is 6.04 Å². The van der Waals surface area contributed by atoms with Gasteiger partial charge >= 0.3 is 0 Å². The molecule has 1 heterocycles. The highest BCUT2D eigenvalue weighted by molar-refractivity contribution is 5.62. The van der Waals surface area contributed by atoms with Gasteiger partial charge < -0.3 is 10.6 Å². The van der Waals surface area contributed by atoms with Crippen LogP contribution in [0.4, 0.5) is 17.2 Å². The molecule has 0 bridgehead atoms. The normalized spacial score (nSPS) is 12.2. The number of hydrogen-bond donors (Lipinski definition) is 2. The molecule has 1 atom stereocenters. The molecule has 0 aliphatic carbocycles. The number of nitrogens with zero attached hydrogens (tertiary/aromatic N) is 1. The van der Waals surface area contributed by atoms with E-state index in [-0.39, 0.29) is 0 Å². The summed E-state index contributed by atoms with van der Waals surface area (Å²) in [7, 11) is 0. The van der Waals surface area contributed by atoms with Gasteiger partial charge in [0.25, 0.3) is 0 Å². The molecule has 0 aliphatic rings. The molecule has 2 N–H and O–H groups in total. The van der Waals surface area contributed by atoms with Gasteiger partial charge in [0, 0.05) is 11.7 Å². The van der Waals surface area contributed by atoms with E-state index in [1.165, 1.54) is 12.8 Å². The summed E-state index contributed by atoms with van der Waals surface area (Å²) in [6.45, 7) is 8.85. The number of para-hydroxylation sites is 1. The Morgan fingerprint density at radius 1 is 1.00 bits per heavy atom. The molecule has 0 saturated heterocycles. The predicted molar refractivity (Wildman–Crippen MR) is 95.9 cm³/mol. The molecule has 1 unspecified atom stereocenters. The molecule has 2 rings (SSSR count). The van der Waals surface area contributed by atoms with Crippen LogP contribution in [0.25, 0.3) is 0 Å². The number of pyridine rings is 1. The summed E-state index contributed by atoms with van der Waals surface area (Å²) < 4.78 is 0.